The Kier molecular flexibility index (Phi) is 3.64. The number of benzene rings is 2. The molecule has 0 aliphatic heterocycles. The SMILES string of the molecule is CC(Nc1cccc(F)c1)c1cccc(Cl)c1. The second kappa shape index (κ2) is 5.19. The Morgan fingerprint density at radius 3 is 2.59 bits per heavy atom. The normalized spacial score (nSPS) is 12.2. The Morgan fingerprint density at radius 2 is 1.88 bits per heavy atom. The van der Waals surface area contributed by atoms with Crippen molar-refractivity contribution in [2.24, 2.45) is 0 Å². The largest absolute Gasteiger partial charge is 0.378 e. The van der Waals surface area contributed by atoms with Crippen LogP contribution in [0.2, 0.25) is 5.02 Å². The lowest BCUT2D eigenvalue weighted by Gasteiger charge is -2.15. The average molecular weight is 250 g/mol. The molecular weight excluding hydrogens is 237 g/mol. The van der Waals surface area contributed by atoms with Crippen LogP contribution in [0.4, 0.5) is 10.1 Å². The second-order valence-electron chi connectivity index (χ2n) is 3.93. The van der Waals surface area contributed by atoms with Crippen LogP contribution in [0.1, 0.15) is 18.5 Å². The maximum atomic E-state index is 13.0. The van der Waals surface area contributed by atoms with E-state index in [9.17, 15) is 4.39 Å². The molecule has 1 atom stereocenters. The maximum Gasteiger partial charge on any atom is 0.125 e. The van der Waals surface area contributed by atoms with Gasteiger partial charge in [-0.1, -0.05) is 29.8 Å². The Balaban J connectivity index is 2.14. The molecule has 0 amide bonds. The minimum atomic E-state index is -0.242. The van der Waals surface area contributed by atoms with Gasteiger partial charge in [0.2, 0.25) is 0 Å². The molecule has 0 saturated heterocycles. The molecule has 0 spiro atoms. The van der Waals surface area contributed by atoms with Gasteiger partial charge in [-0.05, 0) is 42.8 Å². The summed E-state index contributed by atoms with van der Waals surface area (Å²) >= 11 is 5.93. The van der Waals surface area contributed by atoms with E-state index in [0.29, 0.717) is 5.02 Å². The summed E-state index contributed by atoms with van der Waals surface area (Å²) in [5, 5.41) is 3.93. The summed E-state index contributed by atoms with van der Waals surface area (Å²) in [7, 11) is 0. The van der Waals surface area contributed by atoms with E-state index < -0.39 is 0 Å². The lowest BCUT2D eigenvalue weighted by Crippen LogP contribution is -2.06. The van der Waals surface area contributed by atoms with Gasteiger partial charge in [0.15, 0.2) is 0 Å². The van der Waals surface area contributed by atoms with Crippen molar-refractivity contribution in [2.45, 2.75) is 13.0 Å². The van der Waals surface area contributed by atoms with Gasteiger partial charge in [0.05, 0.1) is 0 Å². The van der Waals surface area contributed by atoms with Gasteiger partial charge in [0.25, 0.3) is 0 Å². The van der Waals surface area contributed by atoms with E-state index in [1.165, 1.54) is 12.1 Å². The molecule has 2 aromatic rings. The average Bonchev–Trinajstić information content (AvgIpc) is 2.29. The van der Waals surface area contributed by atoms with Crippen molar-refractivity contribution >= 4 is 17.3 Å². The smallest absolute Gasteiger partial charge is 0.125 e. The molecule has 0 aliphatic carbocycles. The molecule has 0 aromatic heterocycles. The molecule has 0 heterocycles. The number of anilines is 1. The fourth-order valence-corrected chi connectivity index (χ4v) is 1.89. The van der Waals surface area contributed by atoms with Crippen LogP contribution in [0.3, 0.4) is 0 Å². The molecule has 0 fully saturated rings. The third kappa shape index (κ3) is 3.21. The number of halogens is 2. The van der Waals surface area contributed by atoms with Gasteiger partial charge >= 0.3 is 0 Å². The minimum Gasteiger partial charge on any atom is -0.378 e. The fourth-order valence-electron chi connectivity index (χ4n) is 1.69. The Labute approximate surface area is 105 Å². The Morgan fingerprint density at radius 1 is 1.12 bits per heavy atom. The molecule has 2 rings (SSSR count). The Hall–Kier alpha value is -1.54. The first-order chi connectivity index (χ1) is 8.15. The molecule has 1 unspecified atom stereocenters. The highest BCUT2D eigenvalue weighted by molar-refractivity contribution is 6.30. The zero-order chi connectivity index (χ0) is 12.3. The lowest BCUT2D eigenvalue weighted by atomic mass is 10.1. The first-order valence-corrected chi connectivity index (χ1v) is 5.80. The standard InChI is InChI=1S/C14H13ClFN/c1-10(11-4-2-5-12(15)8-11)17-14-7-3-6-13(16)9-14/h2-10,17H,1H3. The molecule has 2 aromatic carbocycles. The van der Waals surface area contributed by atoms with Crippen molar-refractivity contribution in [3.05, 3.63) is 64.9 Å². The zero-order valence-electron chi connectivity index (χ0n) is 9.45. The lowest BCUT2D eigenvalue weighted by molar-refractivity contribution is 0.628. The summed E-state index contributed by atoms with van der Waals surface area (Å²) in [6.45, 7) is 2.01. The van der Waals surface area contributed by atoms with Gasteiger partial charge in [0, 0.05) is 16.8 Å². The molecule has 1 N–H and O–H groups in total. The van der Waals surface area contributed by atoms with Crippen LogP contribution in [-0.4, -0.2) is 0 Å². The monoisotopic (exact) mass is 249 g/mol. The number of hydrogen-bond donors (Lipinski definition) is 1. The van der Waals surface area contributed by atoms with Crippen LogP contribution in [-0.2, 0) is 0 Å². The quantitative estimate of drug-likeness (QED) is 0.835. The predicted molar refractivity (Wildman–Crippen MR) is 69.9 cm³/mol. The highest BCUT2D eigenvalue weighted by Gasteiger charge is 2.05. The van der Waals surface area contributed by atoms with E-state index in [-0.39, 0.29) is 11.9 Å². The molecule has 0 aliphatic rings. The summed E-state index contributed by atoms with van der Waals surface area (Å²) in [6.07, 6.45) is 0. The van der Waals surface area contributed by atoms with Gasteiger partial charge in [-0.2, -0.15) is 0 Å². The molecule has 0 radical (unpaired) electrons. The molecule has 1 nitrogen and oxygen atoms in total. The number of rotatable bonds is 3. The first kappa shape index (κ1) is 11.9. The predicted octanol–water partition coefficient (Wildman–Crippen LogP) is 4.65. The van der Waals surface area contributed by atoms with E-state index in [1.54, 1.807) is 6.07 Å². The van der Waals surface area contributed by atoms with Gasteiger partial charge < -0.3 is 5.32 Å². The third-order valence-electron chi connectivity index (χ3n) is 2.56. The molecular formula is C14H13ClFN. The third-order valence-corrected chi connectivity index (χ3v) is 2.79. The summed E-state index contributed by atoms with van der Waals surface area (Å²) in [5.41, 5.74) is 1.83. The van der Waals surface area contributed by atoms with Crippen LogP contribution in [0.5, 0.6) is 0 Å². The van der Waals surface area contributed by atoms with E-state index in [1.807, 2.05) is 37.3 Å². The van der Waals surface area contributed by atoms with Crippen LogP contribution in [0.15, 0.2) is 48.5 Å². The topological polar surface area (TPSA) is 12.0 Å². The molecule has 3 heteroatoms. The van der Waals surface area contributed by atoms with E-state index >= 15 is 0 Å². The molecule has 17 heavy (non-hydrogen) atoms. The van der Waals surface area contributed by atoms with Crippen molar-refractivity contribution in [2.75, 3.05) is 5.32 Å². The summed E-state index contributed by atoms with van der Waals surface area (Å²) in [5.74, 6) is -0.242. The van der Waals surface area contributed by atoms with Crippen molar-refractivity contribution in [3.63, 3.8) is 0 Å². The van der Waals surface area contributed by atoms with Crippen molar-refractivity contribution in [1.82, 2.24) is 0 Å². The highest BCUT2D eigenvalue weighted by atomic mass is 35.5. The van der Waals surface area contributed by atoms with E-state index in [0.717, 1.165) is 11.3 Å². The van der Waals surface area contributed by atoms with Crippen LogP contribution < -0.4 is 5.32 Å². The minimum absolute atomic E-state index is 0.0792. The fraction of sp³-hybridized carbons (Fsp3) is 0.143. The van der Waals surface area contributed by atoms with Crippen molar-refractivity contribution < 1.29 is 4.39 Å². The maximum absolute atomic E-state index is 13.0. The molecule has 0 saturated carbocycles. The summed E-state index contributed by atoms with van der Waals surface area (Å²) < 4.78 is 13.0. The van der Waals surface area contributed by atoms with E-state index in [4.69, 9.17) is 11.6 Å². The summed E-state index contributed by atoms with van der Waals surface area (Å²) in [4.78, 5) is 0. The molecule has 0 bridgehead atoms. The second-order valence-corrected chi connectivity index (χ2v) is 4.37. The van der Waals surface area contributed by atoms with Gasteiger partial charge in [-0.15, -0.1) is 0 Å². The summed E-state index contributed by atoms with van der Waals surface area (Å²) in [6, 6.07) is 14.1. The zero-order valence-corrected chi connectivity index (χ0v) is 10.2. The first-order valence-electron chi connectivity index (χ1n) is 5.43. The highest BCUT2D eigenvalue weighted by Crippen LogP contribution is 2.22. The van der Waals surface area contributed by atoms with E-state index in [2.05, 4.69) is 5.32 Å². The van der Waals surface area contributed by atoms with Crippen molar-refractivity contribution in [3.8, 4) is 0 Å². The Bertz CT molecular complexity index is 513. The van der Waals surface area contributed by atoms with Gasteiger partial charge in [-0.25, -0.2) is 4.39 Å². The van der Waals surface area contributed by atoms with Gasteiger partial charge in [0.1, 0.15) is 5.82 Å². The van der Waals surface area contributed by atoms with Crippen LogP contribution in [0, 0.1) is 5.82 Å². The van der Waals surface area contributed by atoms with Crippen LogP contribution in [0.25, 0.3) is 0 Å². The van der Waals surface area contributed by atoms with Gasteiger partial charge in [-0.3, -0.25) is 0 Å². The number of hydrogen-bond acceptors (Lipinski definition) is 1. The molecule has 88 valence electrons. The number of nitrogens with one attached hydrogen (secondary N) is 1. The van der Waals surface area contributed by atoms with Crippen molar-refractivity contribution in [1.29, 1.82) is 0 Å². The van der Waals surface area contributed by atoms with Crippen LogP contribution >= 0.6 is 11.6 Å².